The number of aliphatic imine (C=N–C) groups is 1. The summed E-state index contributed by atoms with van der Waals surface area (Å²) in [6.07, 6.45) is 4.17. The van der Waals surface area contributed by atoms with Crippen molar-refractivity contribution in [3.63, 3.8) is 0 Å². The first-order chi connectivity index (χ1) is 12.3. The van der Waals surface area contributed by atoms with Crippen molar-refractivity contribution in [3.8, 4) is 0 Å². The maximum Gasteiger partial charge on any atom is 0.191 e. The van der Waals surface area contributed by atoms with Crippen LogP contribution >= 0.6 is 11.3 Å². The van der Waals surface area contributed by atoms with Crippen molar-refractivity contribution in [3.05, 3.63) is 46.4 Å². The predicted octanol–water partition coefficient (Wildman–Crippen LogP) is 1.83. The summed E-state index contributed by atoms with van der Waals surface area (Å²) in [6, 6.07) is 6.80. The lowest BCUT2D eigenvalue weighted by atomic mass is 10.2. The van der Waals surface area contributed by atoms with E-state index in [4.69, 9.17) is 4.74 Å². The van der Waals surface area contributed by atoms with Gasteiger partial charge in [-0.05, 0) is 23.1 Å². The van der Waals surface area contributed by atoms with Crippen LogP contribution in [-0.4, -0.2) is 55.3 Å². The van der Waals surface area contributed by atoms with E-state index in [0.717, 1.165) is 45.4 Å². The molecule has 0 aliphatic carbocycles. The van der Waals surface area contributed by atoms with Crippen LogP contribution in [0.2, 0.25) is 0 Å². The zero-order valence-electron chi connectivity index (χ0n) is 14.9. The molecule has 0 amide bonds. The van der Waals surface area contributed by atoms with Gasteiger partial charge in [-0.2, -0.15) is 0 Å². The summed E-state index contributed by atoms with van der Waals surface area (Å²) in [6.45, 7) is 5.16. The fraction of sp³-hybridized carbons (Fsp3) is 0.500. The van der Waals surface area contributed by atoms with Crippen molar-refractivity contribution in [2.45, 2.75) is 12.6 Å². The summed E-state index contributed by atoms with van der Waals surface area (Å²) in [4.78, 5) is 8.23. The fourth-order valence-corrected chi connectivity index (χ4v) is 3.91. The fourth-order valence-electron chi connectivity index (χ4n) is 3.04. The summed E-state index contributed by atoms with van der Waals surface area (Å²) < 4.78 is 7.56. The monoisotopic (exact) mass is 361 g/mol. The third-order valence-electron chi connectivity index (χ3n) is 4.40. The number of thiophene rings is 1. The molecule has 1 atom stereocenters. The number of aryl methyl sites for hydroxylation is 1. The van der Waals surface area contributed by atoms with Crippen molar-refractivity contribution in [2.75, 3.05) is 39.9 Å². The van der Waals surface area contributed by atoms with Crippen molar-refractivity contribution in [1.82, 2.24) is 20.1 Å². The summed E-state index contributed by atoms with van der Waals surface area (Å²) in [5.41, 5.74) is 1.24. The van der Waals surface area contributed by atoms with Crippen LogP contribution in [0.5, 0.6) is 0 Å². The summed E-state index contributed by atoms with van der Waals surface area (Å²) in [5.74, 6) is 0.832. The highest BCUT2D eigenvalue weighted by Gasteiger charge is 2.23. The predicted molar refractivity (Wildman–Crippen MR) is 103 cm³/mol. The average Bonchev–Trinajstić information content (AvgIpc) is 3.31. The van der Waals surface area contributed by atoms with E-state index in [1.54, 1.807) is 0 Å². The first-order valence-corrected chi connectivity index (χ1v) is 9.55. The molecule has 0 saturated carbocycles. The van der Waals surface area contributed by atoms with Crippen LogP contribution in [0, 0.1) is 0 Å². The van der Waals surface area contributed by atoms with Gasteiger partial charge in [-0.25, -0.2) is 0 Å². The Morgan fingerprint density at radius 3 is 2.80 bits per heavy atom. The highest BCUT2D eigenvalue weighted by Crippen LogP contribution is 2.25. The number of hydrogen-bond acceptors (Lipinski definition) is 4. The number of ether oxygens (including phenoxy) is 1. The summed E-state index contributed by atoms with van der Waals surface area (Å²) >= 11 is 1.81. The summed E-state index contributed by atoms with van der Waals surface area (Å²) in [7, 11) is 3.85. The van der Waals surface area contributed by atoms with E-state index in [-0.39, 0.29) is 0 Å². The van der Waals surface area contributed by atoms with Crippen molar-refractivity contribution >= 4 is 17.3 Å². The third-order valence-corrected chi connectivity index (χ3v) is 5.37. The Balaban J connectivity index is 1.57. The van der Waals surface area contributed by atoms with Gasteiger partial charge in [-0.1, -0.05) is 6.07 Å². The van der Waals surface area contributed by atoms with Crippen LogP contribution in [0.1, 0.15) is 16.5 Å². The van der Waals surface area contributed by atoms with Gasteiger partial charge in [0.1, 0.15) is 0 Å². The smallest absolute Gasteiger partial charge is 0.191 e. The number of hydrogen-bond donors (Lipinski definition) is 2. The van der Waals surface area contributed by atoms with Gasteiger partial charge in [0, 0.05) is 57.5 Å². The second-order valence-electron chi connectivity index (χ2n) is 6.17. The van der Waals surface area contributed by atoms with Crippen molar-refractivity contribution < 1.29 is 4.74 Å². The van der Waals surface area contributed by atoms with Crippen LogP contribution in [0.25, 0.3) is 0 Å². The quantitative estimate of drug-likeness (QED) is 0.609. The molecule has 3 rings (SSSR count). The lowest BCUT2D eigenvalue weighted by molar-refractivity contribution is 0.0177. The highest BCUT2D eigenvalue weighted by atomic mass is 32.1. The van der Waals surface area contributed by atoms with Crippen LogP contribution in [0.3, 0.4) is 0 Å². The second-order valence-corrected chi connectivity index (χ2v) is 7.15. The maximum absolute atomic E-state index is 5.51. The SMILES string of the molecule is CN=C(NCc1ccn(C)c1)NCC(c1cccs1)N1CCOCC1. The largest absolute Gasteiger partial charge is 0.379 e. The number of nitrogens with one attached hydrogen (secondary N) is 2. The topological polar surface area (TPSA) is 53.8 Å². The molecule has 2 N–H and O–H groups in total. The first-order valence-electron chi connectivity index (χ1n) is 8.67. The molecule has 2 aromatic heterocycles. The molecule has 136 valence electrons. The molecule has 0 radical (unpaired) electrons. The minimum absolute atomic E-state index is 0.346. The van der Waals surface area contributed by atoms with Gasteiger partial charge in [0.25, 0.3) is 0 Å². The molecule has 0 bridgehead atoms. The van der Waals surface area contributed by atoms with Crippen LogP contribution in [-0.2, 0) is 18.3 Å². The third kappa shape index (κ3) is 5.07. The normalized spacial score (nSPS) is 17.4. The van der Waals surface area contributed by atoms with Crippen LogP contribution in [0.4, 0.5) is 0 Å². The van der Waals surface area contributed by atoms with Gasteiger partial charge in [-0.3, -0.25) is 9.89 Å². The Bertz CT molecular complexity index is 661. The highest BCUT2D eigenvalue weighted by molar-refractivity contribution is 7.10. The molecule has 1 fully saturated rings. The molecule has 1 unspecified atom stereocenters. The van der Waals surface area contributed by atoms with E-state index in [9.17, 15) is 0 Å². The molecular formula is C18H27N5OS. The van der Waals surface area contributed by atoms with Gasteiger partial charge in [0.15, 0.2) is 5.96 Å². The van der Waals surface area contributed by atoms with E-state index in [1.807, 2.05) is 25.4 Å². The molecule has 1 aliphatic heterocycles. The van der Waals surface area contributed by atoms with E-state index in [1.165, 1.54) is 10.4 Å². The lowest BCUT2D eigenvalue weighted by Gasteiger charge is -2.34. The Labute approximate surface area is 153 Å². The first kappa shape index (κ1) is 18.0. The minimum atomic E-state index is 0.346. The number of nitrogens with zero attached hydrogens (tertiary/aromatic N) is 3. The van der Waals surface area contributed by atoms with E-state index in [0.29, 0.717) is 6.04 Å². The van der Waals surface area contributed by atoms with Crippen LogP contribution in [0.15, 0.2) is 41.0 Å². The zero-order chi connectivity index (χ0) is 17.5. The molecule has 0 aromatic carbocycles. The maximum atomic E-state index is 5.51. The van der Waals surface area contributed by atoms with Crippen LogP contribution < -0.4 is 10.6 Å². The zero-order valence-corrected chi connectivity index (χ0v) is 15.8. The van der Waals surface area contributed by atoms with Gasteiger partial charge < -0.3 is 19.9 Å². The Morgan fingerprint density at radius 2 is 2.16 bits per heavy atom. The number of rotatable bonds is 6. The lowest BCUT2D eigenvalue weighted by Crippen LogP contribution is -2.46. The molecule has 1 aliphatic rings. The van der Waals surface area contributed by atoms with Gasteiger partial charge in [0.2, 0.25) is 0 Å². The van der Waals surface area contributed by atoms with Crippen molar-refractivity contribution in [1.29, 1.82) is 0 Å². The standard InChI is InChI=1S/C18H27N5OS/c1-19-18(20-12-15-5-6-22(2)14-15)21-13-16(17-4-3-11-25-17)23-7-9-24-10-8-23/h3-6,11,14,16H,7-10,12-13H2,1-2H3,(H2,19,20,21). The molecular weight excluding hydrogens is 334 g/mol. The number of guanidine groups is 1. The van der Waals surface area contributed by atoms with E-state index >= 15 is 0 Å². The summed E-state index contributed by atoms with van der Waals surface area (Å²) in [5, 5.41) is 9.02. The molecule has 6 nitrogen and oxygen atoms in total. The Morgan fingerprint density at radius 1 is 1.32 bits per heavy atom. The molecule has 3 heterocycles. The molecule has 25 heavy (non-hydrogen) atoms. The minimum Gasteiger partial charge on any atom is -0.379 e. The molecule has 7 heteroatoms. The average molecular weight is 362 g/mol. The molecule has 2 aromatic rings. The second kappa shape index (κ2) is 9.03. The Kier molecular flexibility index (Phi) is 6.49. The number of morpholine rings is 1. The van der Waals surface area contributed by atoms with Gasteiger partial charge >= 0.3 is 0 Å². The Hall–Kier alpha value is -1.83. The van der Waals surface area contributed by atoms with Crippen molar-refractivity contribution in [2.24, 2.45) is 12.0 Å². The molecule has 0 spiro atoms. The van der Waals surface area contributed by atoms with E-state index < -0.39 is 0 Å². The van der Waals surface area contributed by atoms with E-state index in [2.05, 4.69) is 61.1 Å². The van der Waals surface area contributed by atoms with Gasteiger partial charge in [-0.15, -0.1) is 11.3 Å². The number of aromatic nitrogens is 1. The molecule has 1 saturated heterocycles. The van der Waals surface area contributed by atoms with Gasteiger partial charge in [0.05, 0.1) is 19.3 Å².